The molecule has 0 aliphatic heterocycles. The summed E-state index contributed by atoms with van der Waals surface area (Å²) >= 11 is 0. The summed E-state index contributed by atoms with van der Waals surface area (Å²) in [6.45, 7) is 7.63. The van der Waals surface area contributed by atoms with E-state index < -0.39 is 9.84 Å². The molecule has 1 atom stereocenters. The number of hydrogen-bond acceptors (Lipinski definition) is 5. The van der Waals surface area contributed by atoms with E-state index >= 15 is 0 Å². The molecule has 9 heteroatoms. The van der Waals surface area contributed by atoms with E-state index in [1.54, 1.807) is 0 Å². The Balaban J connectivity index is 0.00000676. The highest BCUT2D eigenvalue weighted by Crippen LogP contribution is 2.30. The third kappa shape index (κ3) is 13.6. The standard InChI is InChI=1S/C18H37N3O4S.HI/c1-4-19-18(21-12-13-24-14-15-26(3,22)23)20-11-10-17(25-5-2)16-8-6-7-9-16;/h16-17H,4-15H2,1-3H3,(H2,19,20,21);1H. The predicted octanol–water partition coefficient (Wildman–Crippen LogP) is 2.21. The zero-order chi connectivity index (χ0) is 19.3. The molecule has 1 saturated carbocycles. The van der Waals surface area contributed by atoms with E-state index in [1.807, 2.05) is 6.92 Å². The first-order chi connectivity index (χ1) is 12.5. The average Bonchev–Trinajstić information content (AvgIpc) is 3.10. The highest BCUT2D eigenvalue weighted by atomic mass is 127. The smallest absolute Gasteiger partial charge is 0.191 e. The molecule has 0 saturated heterocycles. The van der Waals surface area contributed by atoms with Crippen LogP contribution in [0.4, 0.5) is 0 Å². The molecule has 2 N–H and O–H groups in total. The summed E-state index contributed by atoms with van der Waals surface area (Å²) < 4.78 is 33.4. The number of rotatable bonds is 13. The monoisotopic (exact) mass is 519 g/mol. The van der Waals surface area contributed by atoms with E-state index in [0.29, 0.717) is 25.2 Å². The first kappa shape index (κ1) is 26.9. The van der Waals surface area contributed by atoms with Crippen LogP contribution in [-0.2, 0) is 19.3 Å². The van der Waals surface area contributed by atoms with E-state index in [0.717, 1.165) is 32.1 Å². The highest BCUT2D eigenvalue weighted by Gasteiger charge is 2.24. The van der Waals surface area contributed by atoms with Crippen molar-refractivity contribution in [2.24, 2.45) is 10.9 Å². The number of aliphatic imine (C=N–C) groups is 1. The maximum absolute atomic E-state index is 11.0. The van der Waals surface area contributed by atoms with Gasteiger partial charge in [0.15, 0.2) is 5.96 Å². The van der Waals surface area contributed by atoms with Gasteiger partial charge in [0, 0.05) is 32.5 Å². The first-order valence-electron chi connectivity index (χ1n) is 9.85. The van der Waals surface area contributed by atoms with Crippen LogP contribution in [-0.4, -0.2) is 71.9 Å². The van der Waals surface area contributed by atoms with Crippen LogP contribution in [0, 0.1) is 5.92 Å². The largest absolute Gasteiger partial charge is 0.379 e. The zero-order valence-electron chi connectivity index (χ0n) is 17.0. The predicted molar refractivity (Wildman–Crippen MR) is 122 cm³/mol. The van der Waals surface area contributed by atoms with Gasteiger partial charge in [-0.2, -0.15) is 0 Å². The second-order valence-electron chi connectivity index (χ2n) is 6.76. The fourth-order valence-corrected chi connectivity index (χ4v) is 3.62. The second-order valence-corrected chi connectivity index (χ2v) is 9.02. The van der Waals surface area contributed by atoms with Crippen LogP contribution in [0.5, 0.6) is 0 Å². The van der Waals surface area contributed by atoms with E-state index in [9.17, 15) is 8.42 Å². The minimum Gasteiger partial charge on any atom is -0.379 e. The molecule has 0 bridgehead atoms. The summed E-state index contributed by atoms with van der Waals surface area (Å²) in [5, 5.41) is 6.44. The average molecular weight is 519 g/mol. The van der Waals surface area contributed by atoms with Crippen LogP contribution in [0.1, 0.15) is 46.0 Å². The molecule has 0 heterocycles. The first-order valence-corrected chi connectivity index (χ1v) is 11.9. The lowest BCUT2D eigenvalue weighted by Crippen LogP contribution is -2.39. The van der Waals surface area contributed by atoms with Crippen molar-refractivity contribution in [3.05, 3.63) is 0 Å². The van der Waals surface area contributed by atoms with Crippen molar-refractivity contribution in [3.8, 4) is 0 Å². The van der Waals surface area contributed by atoms with Crippen molar-refractivity contribution in [2.75, 3.05) is 51.5 Å². The molecular weight excluding hydrogens is 481 g/mol. The zero-order valence-corrected chi connectivity index (χ0v) is 20.2. The van der Waals surface area contributed by atoms with Crippen molar-refractivity contribution in [2.45, 2.75) is 52.1 Å². The van der Waals surface area contributed by atoms with Gasteiger partial charge in [0.1, 0.15) is 9.84 Å². The summed E-state index contributed by atoms with van der Waals surface area (Å²) in [6, 6.07) is 0. The summed E-state index contributed by atoms with van der Waals surface area (Å²) in [6.07, 6.45) is 7.66. The van der Waals surface area contributed by atoms with Gasteiger partial charge in [0.05, 0.1) is 25.1 Å². The molecule has 162 valence electrons. The van der Waals surface area contributed by atoms with Gasteiger partial charge in [0.2, 0.25) is 0 Å². The molecule has 1 fully saturated rings. The molecule has 0 aromatic heterocycles. The number of hydrogen-bond donors (Lipinski definition) is 2. The van der Waals surface area contributed by atoms with Crippen molar-refractivity contribution in [3.63, 3.8) is 0 Å². The Morgan fingerprint density at radius 2 is 1.89 bits per heavy atom. The van der Waals surface area contributed by atoms with Crippen LogP contribution >= 0.6 is 24.0 Å². The number of halogens is 1. The van der Waals surface area contributed by atoms with Gasteiger partial charge >= 0.3 is 0 Å². The molecule has 0 aromatic rings. The third-order valence-electron chi connectivity index (χ3n) is 4.47. The van der Waals surface area contributed by atoms with Gasteiger partial charge in [-0.1, -0.05) is 12.8 Å². The maximum atomic E-state index is 11.0. The van der Waals surface area contributed by atoms with Crippen molar-refractivity contribution in [1.29, 1.82) is 0 Å². The molecule has 0 radical (unpaired) electrons. The Morgan fingerprint density at radius 1 is 1.19 bits per heavy atom. The minimum absolute atomic E-state index is 0. The third-order valence-corrected chi connectivity index (χ3v) is 5.38. The van der Waals surface area contributed by atoms with E-state index in [-0.39, 0.29) is 36.3 Å². The van der Waals surface area contributed by atoms with Gasteiger partial charge in [-0.25, -0.2) is 8.42 Å². The Labute approximate surface area is 182 Å². The van der Waals surface area contributed by atoms with E-state index in [1.165, 1.54) is 31.9 Å². The minimum atomic E-state index is -2.96. The molecule has 0 aromatic carbocycles. The molecule has 0 amide bonds. The Kier molecular flexibility index (Phi) is 15.7. The molecule has 1 rings (SSSR count). The fourth-order valence-electron chi connectivity index (χ4n) is 3.20. The van der Waals surface area contributed by atoms with E-state index in [4.69, 9.17) is 9.47 Å². The van der Waals surface area contributed by atoms with Crippen LogP contribution in [0.15, 0.2) is 4.99 Å². The summed E-state index contributed by atoms with van der Waals surface area (Å²) in [5.74, 6) is 1.51. The van der Waals surface area contributed by atoms with Crippen molar-refractivity contribution < 1.29 is 17.9 Å². The molecular formula is C18H38IN3O4S. The van der Waals surface area contributed by atoms with Crippen LogP contribution in [0.25, 0.3) is 0 Å². The van der Waals surface area contributed by atoms with Crippen LogP contribution in [0.2, 0.25) is 0 Å². The summed E-state index contributed by atoms with van der Waals surface area (Å²) in [5.41, 5.74) is 0. The molecule has 27 heavy (non-hydrogen) atoms. The topological polar surface area (TPSA) is 89.0 Å². The van der Waals surface area contributed by atoms with Gasteiger partial charge in [-0.15, -0.1) is 24.0 Å². The highest BCUT2D eigenvalue weighted by molar-refractivity contribution is 14.0. The fraction of sp³-hybridized carbons (Fsp3) is 0.944. The van der Waals surface area contributed by atoms with Crippen LogP contribution in [0.3, 0.4) is 0 Å². The lowest BCUT2D eigenvalue weighted by atomic mass is 9.98. The van der Waals surface area contributed by atoms with Gasteiger partial charge < -0.3 is 20.1 Å². The maximum Gasteiger partial charge on any atom is 0.191 e. The van der Waals surface area contributed by atoms with E-state index in [2.05, 4.69) is 22.5 Å². The molecule has 1 unspecified atom stereocenters. The summed E-state index contributed by atoms with van der Waals surface area (Å²) in [4.78, 5) is 4.63. The van der Waals surface area contributed by atoms with Crippen molar-refractivity contribution >= 4 is 39.8 Å². The normalized spacial score (nSPS) is 16.8. The van der Waals surface area contributed by atoms with Gasteiger partial charge in [0.25, 0.3) is 0 Å². The quantitative estimate of drug-likeness (QED) is 0.168. The Bertz CT molecular complexity index is 497. The number of sulfone groups is 1. The number of nitrogens with zero attached hydrogens (tertiary/aromatic N) is 1. The van der Waals surface area contributed by atoms with Crippen LogP contribution < -0.4 is 10.6 Å². The van der Waals surface area contributed by atoms with Gasteiger partial charge in [-0.3, -0.25) is 4.99 Å². The lowest BCUT2D eigenvalue weighted by molar-refractivity contribution is 0.0177. The molecule has 7 nitrogen and oxygen atoms in total. The number of guanidine groups is 1. The SMILES string of the molecule is CCNC(=NCCC(OCC)C1CCCC1)NCCOCCS(C)(=O)=O.I. The molecule has 1 aliphatic rings. The number of nitrogens with one attached hydrogen (secondary N) is 2. The van der Waals surface area contributed by atoms with Gasteiger partial charge in [-0.05, 0) is 39.0 Å². The second kappa shape index (κ2) is 15.8. The Morgan fingerprint density at radius 3 is 2.48 bits per heavy atom. The molecule has 0 spiro atoms. The lowest BCUT2D eigenvalue weighted by Gasteiger charge is -2.22. The number of ether oxygens (including phenoxy) is 2. The Hall–Kier alpha value is -0.130. The molecule has 1 aliphatic carbocycles. The van der Waals surface area contributed by atoms with Crippen molar-refractivity contribution in [1.82, 2.24) is 10.6 Å². The summed E-state index contributed by atoms with van der Waals surface area (Å²) in [7, 11) is -2.96.